The molecule has 118 valence electrons. The van der Waals surface area contributed by atoms with Gasteiger partial charge >= 0.3 is 0 Å². The first-order chi connectivity index (χ1) is 9.77. The number of hydrogen-bond donors (Lipinski definition) is 1. The van der Waals surface area contributed by atoms with E-state index in [1.807, 2.05) is 6.92 Å². The van der Waals surface area contributed by atoms with E-state index < -0.39 is 15.8 Å². The third-order valence-electron chi connectivity index (χ3n) is 4.03. The summed E-state index contributed by atoms with van der Waals surface area (Å²) in [6.45, 7) is 8.07. The van der Waals surface area contributed by atoms with Crippen LogP contribution in [-0.2, 0) is 10.0 Å². The Morgan fingerprint density at radius 3 is 2.57 bits per heavy atom. The van der Waals surface area contributed by atoms with Gasteiger partial charge in [-0.05, 0) is 38.1 Å². The fourth-order valence-electron chi connectivity index (χ4n) is 2.71. The molecule has 7 heteroatoms. The van der Waals surface area contributed by atoms with E-state index in [0.29, 0.717) is 19.6 Å². The molecule has 1 fully saturated rings. The minimum absolute atomic E-state index is 0.0658. The Balaban J connectivity index is 2.31. The third-order valence-corrected chi connectivity index (χ3v) is 5.87. The molecule has 1 aliphatic rings. The van der Waals surface area contributed by atoms with Gasteiger partial charge in [-0.25, -0.2) is 12.8 Å². The van der Waals surface area contributed by atoms with E-state index in [4.69, 9.17) is 5.73 Å². The number of nitrogen functional groups attached to an aromatic ring is 1. The van der Waals surface area contributed by atoms with E-state index in [1.165, 1.54) is 23.4 Å². The molecule has 21 heavy (non-hydrogen) atoms. The Hall–Kier alpha value is -1.18. The molecule has 1 atom stereocenters. The maximum atomic E-state index is 13.6. The molecule has 0 amide bonds. The van der Waals surface area contributed by atoms with Gasteiger partial charge in [-0.2, -0.15) is 4.31 Å². The molecular weight excluding hydrogens is 293 g/mol. The predicted molar refractivity (Wildman–Crippen MR) is 81.0 cm³/mol. The van der Waals surface area contributed by atoms with Crippen molar-refractivity contribution in [3.63, 3.8) is 0 Å². The second-order valence-electron chi connectivity index (χ2n) is 5.48. The summed E-state index contributed by atoms with van der Waals surface area (Å²) in [6, 6.07) is 2.71. The van der Waals surface area contributed by atoms with Crippen LogP contribution in [0.25, 0.3) is 0 Å². The Kier molecular flexibility index (Phi) is 4.55. The zero-order chi connectivity index (χ0) is 15.8. The first-order valence-corrected chi connectivity index (χ1v) is 8.51. The normalized spacial score (nSPS) is 21.6. The van der Waals surface area contributed by atoms with Crippen molar-refractivity contribution in [2.75, 3.05) is 31.9 Å². The molecule has 1 aromatic carbocycles. The highest BCUT2D eigenvalue weighted by molar-refractivity contribution is 7.89. The zero-order valence-electron chi connectivity index (χ0n) is 12.6. The number of sulfonamides is 1. The second-order valence-corrected chi connectivity index (χ2v) is 7.42. The van der Waals surface area contributed by atoms with Gasteiger partial charge in [0.15, 0.2) is 0 Å². The molecule has 1 heterocycles. The van der Waals surface area contributed by atoms with Crippen molar-refractivity contribution in [1.82, 2.24) is 9.21 Å². The van der Waals surface area contributed by atoms with Crippen LogP contribution < -0.4 is 5.73 Å². The van der Waals surface area contributed by atoms with Crippen LogP contribution in [0.15, 0.2) is 17.0 Å². The highest BCUT2D eigenvalue weighted by Gasteiger charge is 2.32. The Morgan fingerprint density at radius 1 is 1.38 bits per heavy atom. The lowest BCUT2D eigenvalue weighted by Gasteiger charge is -2.38. The number of nitrogens with zero attached hydrogens (tertiary/aromatic N) is 2. The molecule has 0 radical (unpaired) electrons. The predicted octanol–water partition coefficient (Wildman–Crippen LogP) is 1.43. The van der Waals surface area contributed by atoms with Gasteiger partial charge < -0.3 is 5.73 Å². The molecule has 0 saturated carbocycles. The van der Waals surface area contributed by atoms with Gasteiger partial charge in [-0.1, -0.05) is 6.92 Å². The summed E-state index contributed by atoms with van der Waals surface area (Å²) in [7, 11) is -3.63. The number of aryl methyl sites for hydroxylation is 1. The lowest BCUT2D eigenvalue weighted by Crippen LogP contribution is -2.53. The lowest BCUT2D eigenvalue weighted by molar-refractivity contribution is 0.135. The van der Waals surface area contributed by atoms with Crippen LogP contribution >= 0.6 is 0 Å². The average Bonchev–Trinajstić information content (AvgIpc) is 2.44. The van der Waals surface area contributed by atoms with Crippen LogP contribution in [0.3, 0.4) is 0 Å². The van der Waals surface area contributed by atoms with Gasteiger partial charge in [0, 0.05) is 25.7 Å². The van der Waals surface area contributed by atoms with Crippen LogP contribution in [0, 0.1) is 12.7 Å². The van der Waals surface area contributed by atoms with Crippen molar-refractivity contribution in [1.29, 1.82) is 0 Å². The summed E-state index contributed by atoms with van der Waals surface area (Å²) in [5.74, 6) is -0.557. The standard InChI is InChI=1S/C14H22FN3O2S/c1-4-17-5-6-18(9-11(17)3)21(19,20)12-7-10(2)14(15)13(16)8-12/h7-8,11H,4-6,9,16H2,1-3H3. The topological polar surface area (TPSA) is 66.6 Å². The van der Waals surface area contributed by atoms with E-state index in [9.17, 15) is 12.8 Å². The summed E-state index contributed by atoms with van der Waals surface area (Å²) in [5.41, 5.74) is 5.67. The van der Waals surface area contributed by atoms with Crippen LogP contribution in [0.1, 0.15) is 19.4 Å². The Bertz CT molecular complexity index is 610. The number of anilines is 1. The number of halogens is 1. The molecule has 0 aliphatic carbocycles. The molecule has 0 spiro atoms. The molecule has 1 saturated heterocycles. The lowest BCUT2D eigenvalue weighted by atomic mass is 10.2. The van der Waals surface area contributed by atoms with Crippen molar-refractivity contribution in [2.45, 2.75) is 31.7 Å². The summed E-state index contributed by atoms with van der Waals surface area (Å²) >= 11 is 0. The van der Waals surface area contributed by atoms with Crippen molar-refractivity contribution in [3.8, 4) is 0 Å². The van der Waals surface area contributed by atoms with E-state index in [2.05, 4.69) is 11.8 Å². The Labute approximate surface area is 125 Å². The first kappa shape index (κ1) is 16.2. The monoisotopic (exact) mass is 315 g/mol. The van der Waals surface area contributed by atoms with E-state index in [0.717, 1.165) is 6.54 Å². The van der Waals surface area contributed by atoms with Crippen molar-refractivity contribution in [2.24, 2.45) is 0 Å². The largest absolute Gasteiger partial charge is 0.396 e. The molecule has 1 unspecified atom stereocenters. The summed E-state index contributed by atoms with van der Waals surface area (Å²) in [4.78, 5) is 2.30. The Morgan fingerprint density at radius 2 is 2.05 bits per heavy atom. The number of nitrogens with two attached hydrogens (primary N) is 1. The SMILES string of the molecule is CCN1CCN(S(=O)(=O)c2cc(C)c(F)c(N)c2)CC1C. The van der Waals surface area contributed by atoms with E-state index in [1.54, 1.807) is 0 Å². The second kappa shape index (κ2) is 5.90. The maximum Gasteiger partial charge on any atom is 0.243 e. The first-order valence-electron chi connectivity index (χ1n) is 7.07. The zero-order valence-corrected chi connectivity index (χ0v) is 13.5. The highest BCUT2D eigenvalue weighted by atomic mass is 32.2. The minimum Gasteiger partial charge on any atom is -0.396 e. The smallest absolute Gasteiger partial charge is 0.243 e. The summed E-state index contributed by atoms with van der Waals surface area (Å²) in [6.07, 6.45) is 0. The molecule has 0 bridgehead atoms. The average molecular weight is 315 g/mol. The van der Waals surface area contributed by atoms with Crippen molar-refractivity contribution < 1.29 is 12.8 Å². The fourth-order valence-corrected chi connectivity index (χ4v) is 4.34. The quantitative estimate of drug-likeness (QED) is 0.857. The van der Waals surface area contributed by atoms with E-state index >= 15 is 0 Å². The number of likely N-dealkylation sites (N-methyl/N-ethyl adjacent to an activating group) is 1. The minimum atomic E-state index is -3.63. The van der Waals surface area contributed by atoms with Gasteiger partial charge in [0.25, 0.3) is 0 Å². The highest BCUT2D eigenvalue weighted by Crippen LogP contribution is 2.25. The van der Waals surface area contributed by atoms with Crippen LogP contribution in [0.2, 0.25) is 0 Å². The van der Waals surface area contributed by atoms with Crippen LogP contribution in [-0.4, -0.2) is 49.8 Å². The molecule has 5 nitrogen and oxygen atoms in total. The molecule has 2 rings (SSSR count). The number of benzene rings is 1. The number of piperazine rings is 1. The summed E-state index contributed by atoms with van der Waals surface area (Å²) in [5, 5.41) is 0. The molecule has 0 aromatic heterocycles. The fraction of sp³-hybridized carbons (Fsp3) is 0.571. The van der Waals surface area contributed by atoms with Gasteiger partial charge in [0.2, 0.25) is 10.0 Å². The molecule has 2 N–H and O–H groups in total. The van der Waals surface area contributed by atoms with Crippen molar-refractivity contribution >= 4 is 15.7 Å². The van der Waals surface area contributed by atoms with Crippen LogP contribution in [0.4, 0.5) is 10.1 Å². The van der Waals surface area contributed by atoms with E-state index in [-0.39, 0.29) is 22.2 Å². The van der Waals surface area contributed by atoms with Gasteiger partial charge in [-0.15, -0.1) is 0 Å². The van der Waals surface area contributed by atoms with Crippen LogP contribution in [0.5, 0.6) is 0 Å². The number of rotatable bonds is 3. The molecular formula is C14H22FN3O2S. The van der Waals surface area contributed by atoms with Gasteiger partial charge in [0.05, 0.1) is 10.6 Å². The van der Waals surface area contributed by atoms with Gasteiger partial charge in [0.1, 0.15) is 5.82 Å². The number of hydrogen-bond acceptors (Lipinski definition) is 4. The molecule has 1 aliphatic heterocycles. The third kappa shape index (κ3) is 3.04. The van der Waals surface area contributed by atoms with Crippen molar-refractivity contribution in [3.05, 3.63) is 23.5 Å². The van der Waals surface area contributed by atoms with Gasteiger partial charge in [-0.3, -0.25) is 4.90 Å². The maximum absolute atomic E-state index is 13.6. The molecule has 1 aromatic rings. The summed E-state index contributed by atoms with van der Waals surface area (Å²) < 4.78 is 40.4.